The number of rotatable bonds is 5. The SMILES string of the molecule is O=C(O)c1ccn(-c2ccccc2NC(=O)[C@@H]2C[C@@H]2c2ccco2)n1. The number of benzene rings is 1. The number of carboxylic acids is 1. The zero-order valence-corrected chi connectivity index (χ0v) is 13.1. The Morgan fingerprint density at radius 1 is 1.20 bits per heavy atom. The normalized spacial score (nSPS) is 18.7. The predicted molar refractivity (Wildman–Crippen MR) is 88.7 cm³/mol. The maximum Gasteiger partial charge on any atom is 0.356 e. The molecule has 2 heterocycles. The number of nitrogens with zero attached hydrogens (tertiary/aromatic N) is 2. The van der Waals surface area contributed by atoms with E-state index in [2.05, 4.69) is 10.4 Å². The molecular weight excluding hydrogens is 322 g/mol. The van der Waals surface area contributed by atoms with E-state index in [1.807, 2.05) is 12.1 Å². The number of amides is 1. The minimum Gasteiger partial charge on any atom is -0.476 e. The molecule has 2 N–H and O–H groups in total. The largest absolute Gasteiger partial charge is 0.476 e. The van der Waals surface area contributed by atoms with E-state index < -0.39 is 5.97 Å². The van der Waals surface area contributed by atoms with Crippen LogP contribution in [0.25, 0.3) is 5.69 Å². The highest BCUT2D eigenvalue weighted by atomic mass is 16.4. The lowest BCUT2D eigenvalue weighted by molar-refractivity contribution is -0.117. The lowest BCUT2D eigenvalue weighted by atomic mass is 10.2. The van der Waals surface area contributed by atoms with Crippen molar-refractivity contribution >= 4 is 17.6 Å². The molecule has 3 aromatic rings. The lowest BCUT2D eigenvalue weighted by Gasteiger charge is -2.11. The summed E-state index contributed by atoms with van der Waals surface area (Å²) in [5, 5.41) is 15.9. The van der Waals surface area contributed by atoms with Crippen molar-refractivity contribution in [1.82, 2.24) is 9.78 Å². The van der Waals surface area contributed by atoms with Crippen molar-refractivity contribution in [3.8, 4) is 5.69 Å². The van der Waals surface area contributed by atoms with E-state index in [1.54, 1.807) is 36.7 Å². The number of anilines is 1. The second-order valence-electron chi connectivity index (χ2n) is 5.92. The molecule has 25 heavy (non-hydrogen) atoms. The third kappa shape index (κ3) is 2.91. The van der Waals surface area contributed by atoms with Gasteiger partial charge in [-0.05, 0) is 36.8 Å². The summed E-state index contributed by atoms with van der Waals surface area (Å²) >= 11 is 0. The smallest absolute Gasteiger partial charge is 0.356 e. The molecule has 0 spiro atoms. The molecule has 1 saturated carbocycles. The molecule has 1 aliphatic carbocycles. The third-order valence-corrected chi connectivity index (χ3v) is 4.25. The van der Waals surface area contributed by atoms with E-state index in [9.17, 15) is 9.59 Å². The number of hydrogen-bond donors (Lipinski definition) is 2. The van der Waals surface area contributed by atoms with Gasteiger partial charge in [0, 0.05) is 18.0 Å². The van der Waals surface area contributed by atoms with Gasteiger partial charge in [0.25, 0.3) is 0 Å². The molecule has 7 heteroatoms. The Hall–Kier alpha value is -3.35. The average molecular weight is 337 g/mol. The summed E-state index contributed by atoms with van der Waals surface area (Å²) in [5.74, 6) is -0.359. The first-order valence-corrected chi connectivity index (χ1v) is 7.86. The summed E-state index contributed by atoms with van der Waals surface area (Å²) in [6, 6.07) is 12.2. The molecule has 2 atom stereocenters. The van der Waals surface area contributed by atoms with E-state index in [4.69, 9.17) is 9.52 Å². The molecule has 1 aliphatic rings. The van der Waals surface area contributed by atoms with Crippen molar-refractivity contribution in [2.45, 2.75) is 12.3 Å². The Bertz CT molecular complexity index is 929. The monoisotopic (exact) mass is 337 g/mol. The zero-order valence-electron chi connectivity index (χ0n) is 13.1. The van der Waals surface area contributed by atoms with Crippen molar-refractivity contribution in [3.05, 3.63) is 66.4 Å². The average Bonchev–Trinajstić information content (AvgIpc) is 3.02. The Morgan fingerprint density at radius 2 is 2.04 bits per heavy atom. The van der Waals surface area contributed by atoms with Gasteiger partial charge in [-0.15, -0.1) is 0 Å². The van der Waals surface area contributed by atoms with Crippen LogP contribution >= 0.6 is 0 Å². The van der Waals surface area contributed by atoms with Crippen LogP contribution in [0.15, 0.2) is 59.3 Å². The van der Waals surface area contributed by atoms with Gasteiger partial charge in [-0.2, -0.15) is 5.10 Å². The predicted octanol–water partition coefficient (Wildman–Crippen LogP) is 2.91. The first-order chi connectivity index (χ1) is 12.1. The first kappa shape index (κ1) is 15.2. The van der Waals surface area contributed by atoms with Gasteiger partial charge in [-0.1, -0.05) is 12.1 Å². The van der Waals surface area contributed by atoms with Crippen LogP contribution in [0.4, 0.5) is 5.69 Å². The molecule has 1 fully saturated rings. The maximum absolute atomic E-state index is 12.5. The highest BCUT2D eigenvalue weighted by Crippen LogP contribution is 2.48. The van der Waals surface area contributed by atoms with Gasteiger partial charge < -0.3 is 14.8 Å². The quantitative estimate of drug-likeness (QED) is 0.746. The highest BCUT2D eigenvalue weighted by Gasteiger charge is 2.45. The molecular formula is C18H15N3O4. The maximum atomic E-state index is 12.5. The minimum atomic E-state index is -1.10. The Kier molecular flexibility index (Phi) is 3.61. The Morgan fingerprint density at radius 3 is 2.76 bits per heavy atom. The molecule has 0 aliphatic heterocycles. The Labute approximate surface area is 142 Å². The number of aromatic carboxylic acids is 1. The molecule has 2 aromatic heterocycles. The summed E-state index contributed by atoms with van der Waals surface area (Å²) < 4.78 is 6.80. The van der Waals surface area contributed by atoms with Gasteiger partial charge in [0.2, 0.25) is 5.91 Å². The standard InChI is InChI=1S/C18H15N3O4/c22-17(12-10-11(12)16-6-3-9-25-16)19-13-4-1-2-5-15(13)21-8-7-14(20-21)18(23)24/h1-9,11-12H,10H2,(H,19,22)(H,23,24)/t11-,12+/m0/s1. The second-order valence-corrected chi connectivity index (χ2v) is 5.92. The lowest BCUT2D eigenvalue weighted by Crippen LogP contribution is -2.16. The number of furan rings is 1. The van der Waals surface area contributed by atoms with Crippen LogP contribution in [0.2, 0.25) is 0 Å². The summed E-state index contributed by atoms with van der Waals surface area (Å²) in [5.41, 5.74) is 1.14. The van der Waals surface area contributed by atoms with Crippen LogP contribution in [-0.2, 0) is 4.79 Å². The molecule has 126 valence electrons. The number of aromatic nitrogens is 2. The Balaban J connectivity index is 1.53. The first-order valence-electron chi connectivity index (χ1n) is 7.86. The minimum absolute atomic E-state index is 0.0544. The number of para-hydroxylation sites is 2. The van der Waals surface area contributed by atoms with Crippen molar-refractivity contribution in [1.29, 1.82) is 0 Å². The summed E-state index contributed by atoms with van der Waals surface area (Å²) in [6.07, 6.45) is 3.92. The topological polar surface area (TPSA) is 97.4 Å². The number of carbonyl (C=O) groups excluding carboxylic acids is 1. The molecule has 7 nitrogen and oxygen atoms in total. The van der Waals surface area contributed by atoms with Gasteiger partial charge in [0.05, 0.1) is 17.6 Å². The molecule has 0 bridgehead atoms. The fourth-order valence-electron chi connectivity index (χ4n) is 2.88. The summed E-state index contributed by atoms with van der Waals surface area (Å²) in [4.78, 5) is 23.5. The second kappa shape index (κ2) is 5.94. The van der Waals surface area contributed by atoms with Crippen LogP contribution in [0.3, 0.4) is 0 Å². The number of carboxylic acid groups (broad SMARTS) is 1. The van der Waals surface area contributed by atoms with Gasteiger partial charge in [-0.3, -0.25) is 4.79 Å². The zero-order chi connectivity index (χ0) is 17.4. The van der Waals surface area contributed by atoms with Gasteiger partial charge in [0.1, 0.15) is 5.76 Å². The van der Waals surface area contributed by atoms with E-state index in [0.717, 1.165) is 12.2 Å². The molecule has 1 aromatic carbocycles. The molecule has 1 amide bonds. The van der Waals surface area contributed by atoms with Gasteiger partial charge in [-0.25, -0.2) is 9.48 Å². The molecule has 0 radical (unpaired) electrons. The third-order valence-electron chi connectivity index (χ3n) is 4.25. The van der Waals surface area contributed by atoms with E-state index >= 15 is 0 Å². The van der Waals surface area contributed by atoms with Crippen LogP contribution in [0.5, 0.6) is 0 Å². The van der Waals surface area contributed by atoms with E-state index in [-0.39, 0.29) is 23.4 Å². The fourth-order valence-corrected chi connectivity index (χ4v) is 2.88. The molecule has 0 unspecified atom stereocenters. The van der Waals surface area contributed by atoms with Crippen molar-refractivity contribution in [3.63, 3.8) is 0 Å². The van der Waals surface area contributed by atoms with E-state index in [1.165, 1.54) is 10.7 Å². The number of hydrogen-bond acceptors (Lipinski definition) is 4. The van der Waals surface area contributed by atoms with Crippen LogP contribution in [0.1, 0.15) is 28.6 Å². The van der Waals surface area contributed by atoms with Crippen molar-refractivity contribution in [2.75, 3.05) is 5.32 Å². The molecule has 4 rings (SSSR count). The number of carbonyl (C=O) groups is 2. The van der Waals surface area contributed by atoms with Gasteiger partial charge in [0.15, 0.2) is 5.69 Å². The van der Waals surface area contributed by atoms with Gasteiger partial charge >= 0.3 is 5.97 Å². The van der Waals surface area contributed by atoms with Crippen LogP contribution in [-0.4, -0.2) is 26.8 Å². The van der Waals surface area contributed by atoms with Crippen LogP contribution < -0.4 is 5.32 Å². The van der Waals surface area contributed by atoms with E-state index in [0.29, 0.717) is 11.4 Å². The molecule has 0 saturated heterocycles. The fraction of sp³-hybridized carbons (Fsp3) is 0.167. The van der Waals surface area contributed by atoms with Crippen molar-refractivity contribution < 1.29 is 19.1 Å². The number of nitrogens with one attached hydrogen (secondary N) is 1. The summed E-state index contributed by atoms with van der Waals surface area (Å²) in [6.45, 7) is 0. The highest BCUT2D eigenvalue weighted by molar-refractivity contribution is 5.96. The van der Waals surface area contributed by atoms with Crippen LogP contribution in [0, 0.1) is 5.92 Å². The van der Waals surface area contributed by atoms with Crippen molar-refractivity contribution in [2.24, 2.45) is 5.92 Å². The summed E-state index contributed by atoms with van der Waals surface area (Å²) in [7, 11) is 0.